The molecule has 0 unspecified atom stereocenters. The highest BCUT2D eigenvalue weighted by Crippen LogP contribution is 2.34. The van der Waals surface area contributed by atoms with Gasteiger partial charge < -0.3 is 5.11 Å². The van der Waals surface area contributed by atoms with Crippen molar-refractivity contribution in [3.05, 3.63) is 38.1 Å². The molecule has 1 aromatic carbocycles. The first kappa shape index (κ1) is 11.8. The summed E-state index contributed by atoms with van der Waals surface area (Å²) < 4.78 is 0.814. The quantitative estimate of drug-likeness (QED) is 0.917. The Morgan fingerprint density at radius 2 is 1.94 bits per heavy atom. The minimum absolute atomic E-state index is 0.0341. The third kappa shape index (κ3) is 2.05. The molecule has 0 aliphatic carbocycles. The van der Waals surface area contributed by atoms with Gasteiger partial charge in [0.2, 0.25) is 0 Å². The Labute approximate surface area is 107 Å². The van der Waals surface area contributed by atoms with Crippen molar-refractivity contribution in [3.8, 4) is 11.3 Å². The van der Waals surface area contributed by atoms with Gasteiger partial charge in [0.15, 0.2) is 3.92 Å². The minimum atomic E-state index is 0.0341. The fourth-order valence-corrected chi connectivity index (χ4v) is 3.23. The molecule has 0 aliphatic rings. The van der Waals surface area contributed by atoms with Crippen LogP contribution in [0.4, 0.5) is 0 Å². The highest BCUT2D eigenvalue weighted by Gasteiger charge is 2.14. The van der Waals surface area contributed by atoms with Gasteiger partial charge in [-0.2, -0.15) is 0 Å². The summed E-state index contributed by atoms with van der Waals surface area (Å²) in [7, 11) is 0. The molecule has 16 heavy (non-hydrogen) atoms. The third-order valence-electron chi connectivity index (χ3n) is 2.53. The van der Waals surface area contributed by atoms with Crippen LogP contribution in [-0.4, -0.2) is 10.1 Å². The molecule has 0 spiro atoms. The zero-order valence-corrected chi connectivity index (χ0v) is 11.5. The monoisotopic (exact) mass is 297 g/mol. The van der Waals surface area contributed by atoms with Crippen LogP contribution in [-0.2, 0) is 6.61 Å². The standard InChI is InChI=1S/C12H12BrNOS/c1-7-4-3-5-8(2)10(7)11-9(6-15)16-12(13)14-11/h3-5,15H,6H2,1-2H3. The molecule has 2 rings (SSSR count). The molecule has 4 heteroatoms. The smallest absolute Gasteiger partial charge is 0.160 e. The average Bonchev–Trinajstić information content (AvgIpc) is 2.59. The summed E-state index contributed by atoms with van der Waals surface area (Å²) >= 11 is 4.85. The summed E-state index contributed by atoms with van der Waals surface area (Å²) in [6, 6.07) is 6.17. The van der Waals surface area contributed by atoms with E-state index in [-0.39, 0.29) is 6.61 Å². The van der Waals surface area contributed by atoms with Crippen molar-refractivity contribution in [1.82, 2.24) is 4.98 Å². The number of hydrogen-bond acceptors (Lipinski definition) is 3. The molecule has 2 aromatic rings. The van der Waals surface area contributed by atoms with Crippen LogP contribution >= 0.6 is 27.3 Å². The lowest BCUT2D eigenvalue weighted by Gasteiger charge is -2.08. The molecule has 0 aliphatic heterocycles. The number of aromatic nitrogens is 1. The third-order valence-corrected chi connectivity index (χ3v) is 4.02. The molecule has 1 N–H and O–H groups in total. The second-order valence-electron chi connectivity index (χ2n) is 3.66. The predicted octanol–water partition coefficient (Wildman–Crippen LogP) is 3.68. The number of hydrogen-bond donors (Lipinski definition) is 1. The maximum Gasteiger partial charge on any atom is 0.160 e. The summed E-state index contributed by atoms with van der Waals surface area (Å²) in [5.74, 6) is 0. The Balaban J connectivity index is 2.66. The second-order valence-corrected chi connectivity index (χ2v) is 6.02. The van der Waals surface area contributed by atoms with Crippen LogP contribution in [0.25, 0.3) is 11.3 Å². The molecule has 0 fully saturated rings. The topological polar surface area (TPSA) is 33.1 Å². The second kappa shape index (κ2) is 4.65. The van der Waals surface area contributed by atoms with Gasteiger partial charge in [0.1, 0.15) is 0 Å². The van der Waals surface area contributed by atoms with Crippen molar-refractivity contribution in [3.63, 3.8) is 0 Å². The van der Waals surface area contributed by atoms with Gasteiger partial charge in [-0.05, 0) is 40.9 Å². The molecular formula is C12H12BrNOS. The highest BCUT2D eigenvalue weighted by molar-refractivity contribution is 9.11. The fourth-order valence-electron chi connectivity index (χ4n) is 1.81. The Morgan fingerprint density at radius 1 is 1.31 bits per heavy atom. The number of nitrogens with zero attached hydrogens (tertiary/aromatic N) is 1. The van der Waals surface area contributed by atoms with Gasteiger partial charge in [0.25, 0.3) is 0 Å². The summed E-state index contributed by atoms with van der Waals surface area (Å²) in [4.78, 5) is 5.36. The van der Waals surface area contributed by atoms with Crippen molar-refractivity contribution in [2.45, 2.75) is 20.5 Å². The van der Waals surface area contributed by atoms with Crippen LogP contribution in [0.3, 0.4) is 0 Å². The molecule has 1 heterocycles. The molecule has 2 nitrogen and oxygen atoms in total. The van der Waals surface area contributed by atoms with Crippen LogP contribution in [0, 0.1) is 13.8 Å². The van der Waals surface area contributed by atoms with E-state index in [1.165, 1.54) is 22.5 Å². The summed E-state index contributed by atoms with van der Waals surface area (Å²) in [6.45, 7) is 4.17. The number of rotatable bonds is 2. The van der Waals surface area contributed by atoms with Crippen molar-refractivity contribution in [2.24, 2.45) is 0 Å². The van der Waals surface area contributed by atoms with Gasteiger partial charge in [-0.3, -0.25) is 0 Å². The summed E-state index contributed by atoms with van der Waals surface area (Å²) in [6.07, 6.45) is 0. The van der Waals surface area contributed by atoms with Gasteiger partial charge >= 0.3 is 0 Å². The van der Waals surface area contributed by atoms with Crippen LogP contribution in [0.5, 0.6) is 0 Å². The van der Waals surface area contributed by atoms with E-state index < -0.39 is 0 Å². The van der Waals surface area contributed by atoms with E-state index in [0.717, 1.165) is 20.1 Å². The highest BCUT2D eigenvalue weighted by atomic mass is 79.9. The molecule has 0 saturated heterocycles. The van der Waals surface area contributed by atoms with Crippen LogP contribution in [0.2, 0.25) is 0 Å². The van der Waals surface area contributed by atoms with E-state index in [2.05, 4.69) is 46.9 Å². The maximum absolute atomic E-state index is 9.32. The van der Waals surface area contributed by atoms with Crippen molar-refractivity contribution < 1.29 is 5.11 Å². The molecule has 1 aromatic heterocycles. The molecule has 0 atom stereocenters. The van der Waals surface area contributed by atoms with Crippen LogP contribution < -0.4 is 0 Å². The molecule has 0 radical (unpaired) electrons. The fraction of sp³-hybridized carbons (Fsp3) is 0.250. The van der Waals surface area contributed by atoms with Gasteiger partial charge in [-0.15, -0.1) is 11.3 Å². The van der Waals surface area contributed by atoms with Crippen molar-refractivity contribution in [1.29, 1.82) is 0 Å². The van der Waals surface area contributed by atoms with E-state index in [0.29, 0.717) is 0 Å². The minimum Gasteiger partial charge on any atom is -0.391 e. The normalized spacial score (nSPS) is 10.8. The predicted molar refractivity (Wildman–Crippen MR) is 70.6 cm³/mol. The molecule has 0 saturated carbocycles. The lowest BCUT2D eigenvalue weighted by molar-refractivity contribution is 0.286. The number of halogens is 1. The SMILES string of the molecule is Cc1cccc(C)c1-c1nc(Br)sc1CO. The largest absolute Gasteiger partial charge is 0.391 e. The Kier molecular flexibility index (Phi) is 3.42. The van der Waals surface area contributed by atoms with Crippen molar-refractivity contribution >= 4 is 27.3 Å². The lowest BCUT2D eigenvalue weighted by atomic mass is 9.99. The van der Waals surface area contributed by atoms with E-state index >= 15 is 0 Å². The number of thiazole rings is 1. The number of benzene rings is 1. The van der Waals surface area contributed by atoms with Gasteiger partial charge in [0.05, 0.1) is 17.2 Å². The van der Waals surface area contributed by atoms with E-state index in [4.69, 9.17) is 0 Å². The van der Waals surface area contributed by atoms with E-state index in [1.807, 2.05) is 6.07 Å². The van der Waals surface area contributed by atoms with Crippen LogP contribution in [0.1, 0.15) is 16.0 Å². The van der Waals surface area contributed by atoms with Gasteiger partial charge in [-0.25, -0.2) is 4.98 Å². The molecular weight excluding hydrogens is 286 g/mol. The van der Waals surface area contributed by atoms with Gasteiger partial charge in [-0.1, -0.05) is 18.2 Å². The van der Waals surface area contributed by atoms with Crippen LogP contribution in [0.15, 0.2) is 22.1 Å². The number of aliphatic hydroxyl groups is 1. The van der Waals surface area contributed by atoms with Gasteiger partial charge in [0, 0.05) is 5.56 Å². The number of aryl methyl sites for hydroxylation is 2. The van der Waals surface area contributed by atoms with E-state index in [1.54, 1.807) is 0 Å². The Bertz CT molecular complexity index is 501. The summed E-state index contributed by atoms with van der Waals surface area (Å²) in [5.41, 5.74) is 4.41. The molecule has 84 valence electrons. The lowest BCUT2D eigenvalue weighted by Crippen LogP contribution is -1.91. The first-order valence-electron chi connectivity index (χ1n) is 4.96. The summed E-state index contributed by atoms with van der Waals surface area (Å²) in [5, 5.41) is 9.32. The number of aliphatic hydroxyl groups excluding tert-OH is 1. The molecule has 0 amide bonds. The van der Waals surface area contributed by atoms with Crippen molar-refractivity contribution in [2.75, 3.05) is 0 Å². The maximum atomic E-state index is 9.32. The average molecular weight is 298 g/mol. The zero-order valence-electron chi connectivity index (χ0n) is 9.12. The zero-order chi connectivity index (χ0) is 11.7. The molecule has 0 bridgehead atoms. The Hall–Kier alpha value is -0.710. The Morgan fingerprint density at radius 3 is 2.50 bits per heavy atom. The first-order valence-corrected chi connectivity index (χ1v) is 6.57. The first-order chi connectivity index (χ1) is 7.63. The van der Waals surface area contributed by atoms with E-state index in [9.17, 15) is 5.11 Å².